The number of halogens is 1. The Bertz CT molecular complexity index is 2020. The van der Waals surface area contributed by atoms with E-state index in [-0.39, 0.29) is 23.6 Å². The first-order chi connectivity index (χ1) is 23.8. The van der Waals surface area contributed by atoms with Crippen molar-refractivity contribution in [3.63, 3.8) is 0 Å². The van der Waals surface area contributed by atoms with Crippen molar-refractivity contribution in [3.05, 3.63) is 108 Å². The number of amides is 1. The first-order valence-corrected chi connectivity index (χ1v) is 18.5. The maximum atomic E-state index is 13.7. The molecule has 2 fully saturated rings. The molecule has 254 valence electrons. The molecule has 10 nitrogen and oxygen atoms in total. The van der Waals surface area contributed by atoms with Gasteiger partial charge in [0.2, 0.25) is 5.95 Å². The van der Waals surface area contributed by atoms with Crippen molar-refractivity contribution in [2.45, 2.75) is 43.2 Å². The fraction of sp³-hybridized carbons (Fsp3) is 0.324. The van der Waals surface area contributed by atoms with Crippen molar-refractivity contribution < 1.29 is 17.9 Å². The van der Waals surface area contributed by atoms with Gasteiger partial charge in [0.05, 0.1) is 27.3 Å². The lowest BCUT2D eigenvalue weighted by Crippen LogP contribution is -2.50. The molecule has 1 N–H and O–H groups in total. The Morgan fingerprint density at radius 2 is 1.63 bits per heavy atom. The summed E-state index contributed by atoms with van der Waals surface area (Å²) in [5.74, 6) is 0.978. The van der Waals surface area contributed by atoms with Crippen molar-refractivity contribution in [2.24, 2.45) is 5.92 Å². The van der Waals surface area contributed by atoms with E-state index < -0.39 is 10.0 Å². The number of aromatic nitrogens is 3. The van der Waals surface area contributed by atoms with E-state index in [4.69, 9.17) is 21.3 Å². The van der Waals surface area contributed by atoms with Crippen LogP contribution in [0.4, 0.5) is 10.7 Å². The average molecular weight is 699 g/mol. The summed E-state index contributed by atoms with van der Waals surface area (Å²) in [5, 5.41) is 4.63. The predicted molar refractivity (Wildman–Crippen MR) is 191 cm³/mol. The second kappa shape index (κ2) is 14.6. The maximum absolute atomic E-state index is 13.7. The van der Waals surface area contributed by atoms with Gasteiger partial charge in [-0.3, -0.25) is 4.90 Å². The zero-order valence-corrected chi connectivity index (χ0v) is 28.7. The topological polar surface area (TPSA) is 110 Å². The van der Waals surface area contributed by atoms with Gasteiger partial charge in [0.15, 0.2) is 0 Å². The third-order valence-corrected chi connectivity index (χ3v) is 11.4. The number of anilines is 1. The first kappa shape index (κ1) is 33.1. The number of nitrogens with zero attached hydrogens (tertiary/aromatic N) is 5. The molecule has 5 aromatic rings. The van der Waals surface area contributed by atoms with Gasteiger partial charge >= 0.3 is 6.09 Å². The Labute approximate surface area is 291 Å². The van der Waals surface area contributed by atoms with E-state index in [1.54, 1.807) is 53.7 Å². The molecule has 2 atom stereocenters. The highest BCUT2D eigenvalue weighted by molar-refractivity contribution is 7.90. The highest BCUT2D eigenvalue weighted by atomic mass is 35.5. The minimum Gasteiger partial charge on any atom is -0.445 e. The molecular formula is C37H39ClN6O4S. The van der Waals surface area contributed by atoms with Crippen LogP contribution in [0.25, 0.3) is 22.2 Å². The first-order valence-electron chi connectivity index (χ1n) is 16.7. The van der Waals surface area contributed by atoms with Crippen LogP contribution in [0.3, 0.4) is 0 Å². The number of nitrogens with one attached hydrogen (secondary N) is 1. The molecule has 12 heteroatoms. The summed E-state index contributed by atoms with van der Waals surface area (Å²) in [6.45, 7) is 4.24. The van der Waals surface area contributed by atoms with E-state index in [0.717, 1.165) is 56.3 Å². The molecule has 1 aliphatic heterocycles. The number of ether oxygens (including phenoxy) is 1. The summed E-state index contributed by atoms with van der Waals surface area (Å²) in [4.78, 5) is 26.4. The lowest BCUT2D eigenvalue weighted by Gasteiger charge is -2.38. The summed E-state index contributed by atoms with van der Waals surface area (Å²) in [5.41, 5.74) is 2.63. The van der Waals surface area contributed by atoms with Gasteiger partial charge in [0, 0.05) is 55.9 Å². The van der Waals surface area contributed by atoms with Gasteiger partial charge in [-0.2, -0.15) is 0 Å². The molecule has 0 spiro atoms. The Kier molecular flexibility index (Phi) is 9.84. The molecule has 49 heavy (non-hydrogen) atoms. The van der Waals surface area contributed by atoms with Crippen LogP contribution in [-0.4, -0.2) is 77.0 Å². The second-order valence-electron chi connectivity index (χ2n) is 12.8. The normalized spacial score (nSPS) is 18.8. The quantitative estimate of drug-likeness (QED) is 0.177. The number of piperazine rings is 1. The van der Waals surface area contributed by atoms with Gasteiger partial charge in [-0.25, -0.2) is 27.2 Å². The van der Waals surface area contributed by atoms with E-state index in [2.05, 4.69) is 15.2 Å². The smallest absolute Gasteiger partial charge is 0.410 e. The predicted octanol–water partition coefficient (Wildman–Crippen LogP) is 6.91. The molecule has 1 aliphatic carbocycles. The number of carbonyl (C=O) groups excluding carboxylic acids is 1. The van der Waals surface area contributed by atoms with Crippen LogP contribution >= 0.6 is 11.6 Å². The Morgan fingerprint density at radius 3 is 2.41 bits per heavy atom. The highest BCUT2D eigenvalue weighted by Crippen LogP contribution is 2.36. The molecule has 0 unspecified atom stereocenters. The third kappa shape index (κ3) is 7.44. The maximum Gasteiger partial charge on any atom is 0.410 e. The van der Waals surface area contributed by atoms with Crippen LogP contribution in [0.2, 0.25) is 5.02 Å². The molecule has 2 aliphatic rings. The summed E-state index contributed by atoms with van der Waals surface area (Å²) >= 11 is 6.67. The van der Waals surface area contributed by atoms with Crippen LogP contribution in [0.15, 0.2) is 102 Å². The van der Waals surface area contributed by atoms with Gasteiger partial charge < -0.3 is 15.0 Å². The third-order valence-electron chi connectivity index (χ3n) is 9.45. The largest absolute Gasteiger partial charge is 0.445 e. The minimum atomic E-state index is -3.85. The Morgan fingerprint density at radius 1 is 0.918 bits per heavy atom. The van der Waals surface area contributed by atoms with Crippen molar-refractivity contribution >= 4 is 44.6 Å². The standard InChI is InChI=1S/C37H39ClN6O4S/c38-33-23-39-36(41-35(33)32-25-44(34-17-8-7-16-31(32)34)49(46,47)30-14-5-2-6-15-30)40-29-13-9-12-28(22-29)24-42-18-20-43(21-19-42)37(45)48-26-27-10-3-1-4-11-27/h1-8,10-11,14-17,23,25,28-29H,9,12-13,18-22,24,26H2,(H,39,40,41)/t28-,29+/m0/s1. The van der Waals surface area contributed by atoms with Crippen molar-refractivity contribution in [1.82, 2.24) is 23.7 Å². The summed E-state index contributed by atoms with van der Waals surface area (Å²) in [7, 11) is -3.85. The summed E-state index contributed by atoms with van der Waals surface area (Å²) in [6, 6.07) is 25.7. The molecule has 7 rings (SSSR count). The monoisotopic (exact) mass is 698 g/mol. The number of para-hydroxylation sites is 1. The van der Waals surface area contributed by atoms with Crippen molar-refractivity contribution in [2.75, 3.05) is 38.0 Å². The number of benzene rings is 3. The molecule has 2 aromatic heterocycles. The second-order valence-corrected chi connectivity index (χ2v) is 15.0. The lowest BCUT2D eigenvalue weighted by atomic mass is 9.85. The van der Waals surface area contributed by atoms with E-state index in [0.29, 0.717) is 46.8 Å². The Balaban J connectivity index is 0.992. The van der Waals surface area contributed by atoms with E-state index >= 15 is 0 Å². The van der Waals surface area contributed by atoms with Crippen LogP contribution < -0.4 is 5.32 Å². The van der Waals surface area contributed by atoms with Crippen LogP contribution in [0.1, 0.15) is 31.2 Å². The van der Waals surface area contributed by atoms with E-state index in [1.165, 1.54) is 3.97 Å². The van der Waals surface area contributed by atoms with E-state index in [1.807, 2.05) is 48.5 Å². The molecule has 3 aromatic carbocycles. The van der Waals surface area contributed by atoms with Gasteiger partial charge in [-0.05, 0) is 48.9 Å². The zero-order chi connectivity index (χ0) is 33.8. The zero-order valence-electron chi connectivity index (χ0n) is 27.1. The molecule has 1 saturated heterocycles. The fourth-order valence-electron chi connectivity index (χ4n) is 6.93. The molecule has 1 saturated carbocycles. The SMILES string of the molecule is O=C(OCc1ccccc1)N1CCN(C[C@H]2CCC[C@@H](Nc3ncc(Cl)c(-c4cn(S(=O)(=O)c5ccccc5)c5ccccc45)n3)C2)CC1. The lowest BCUT2D eigenvalue weighted by molar-refractivity contribution is 0.0656. The van der Waals surface area contributed by atoms with Crippen LogP contribution in [-0.2, 0) is 21.4 Å². The fourth-order valence-corrected chi connectivity index (χ4v) is 8.51. The Hall–Kier alpha value is -4.45. The van der Waals surface area contributed by atoms with Gasteiger partial charge in [0.1, 0.15) is 6.61 Å². The molecule has 3 heterocycles. The number of fused-ring (bicyclic) bond motifs is 1. The van der Waals surface area contributed by atoms with Crippen molar-refractivity contribution in [3.8, 4) is 11.3 Å². The average Bonchev–Trinajstić information content (AvgIpc) is 3.53. The molecule has 0 radical (unpaired) electrons. The number of hydrogen-bond acceptors (Lipinski definition) is 8. The van der Waals surface area contributed by atoms with Gasteiger partial charge in [-0.1, -0.05) is 84.8 Å². The molecular weight excluding hydrogens is 660 g/mol. The van der Waals surface area contributed by atoms with Gasteiger partial charge in [0.25, 0.3) is 10.0 Å². The summed E-state index contributed by atoms with van der Waals surface area (Å²) < 4.78 is 34.2. The van der Waals surface area contributed by atoms with Crippen molar-refractivity contribution in [1.29, 1.82) is 0 Å². The molecule has 0 bridgehead atoms. The van der Waals surface area contributed by atoms with Gasteiger partial charge in [-0.15, -0.1) is 0 Å². The highest BCUT2D eigenvalue weighted by Gasteiger charge is 2.28. The van der Waals surface area contributed by atoms with E-state index in [9.17, 15) is 13.2 Å². The number of rotatable bonds is 9. The number of carbonyl (C=O) groups is 1. The number of hydrogen-bond donors (Lipinski definition) is 1. The summed E-state index contributed by atoms with van der Waals surface area (Å²) in [6.07, 6.45) is 7.16. The molecule has 1 amide bonds. The van der Waals surface area contributed by atoms with Crippen LogP contribution in [0.5, 0.6) is 0 Å². The minimum absolute atomic E-state index is 0.196. The van der Waals surface area contributed by atoms with Crippen LogP contribution in [0, 0.1) is 5.92 Å².